The third kappa shape index (κ3) is 4.22. The molecule has 0 N–H and O–H groups in total. The van der Waals surface area contributed by atoms with Crippen molar-refractivity contribution in [3.8, 4) is 11.8 Å². The summed E-state index contributed by atoms with van der Waals surface area (Å²) in [5, 5.41) is 9.55. The predicted octanol–water partition coefficient (Wildman–Crippen LogP) is 2.78. The van der Waals surface area contributed by atoms with Crippen molar-refractivity contribution < 1.29 is 9.53 Å². The fraction of sp³-hybridized carbons (Fsp3) is 0.333. The van der Waals surface area contributed by atoms with E-state index < -0.39 is 0 Å². The molecular weight excluding hydrogens is 326 g/mol. The highest BCUT2D eigenvalue weighted by Crippen LogP contribution is 2.21. The molecule has 26 heavy (non-hydrogen) atoms. The van der Waals surface area contributed by atoms with Crippen LogP contribution in [0.2, 0.25) is 0 Å². The SMILES string of the molecule is Cc1ccccc1OCC(=O)N1CCN([C@H](C#N)c2ccccc2)CC1. The first kappa shape index (κ1) is 18.0. The van der Waals surface area contributed by atoms with Gasteiger partial charge in [0.2, 0.25) is 0 Å². The number of hydrogen-bond donors (Lipinski definition) is 0. The summed E-state index contributed by atoms with van der Waals surface area (Å²) in [5.74, 6) is 0.731. The molecule has 1 aliphatic rings. The van der Waals surface area contributed by atoms with Crippen molar-refractivity contribution in [2.24, 2.45) is 0 Å². The Hall–Kier alpha value is -2.84. The molecule has 5 nitrogen and oxygen atoms in total. The smallest absolute Gasteiger partial charge is 0.260 e. The third-order valence-electron chi connectivity index (χ3n) is 4.71. The van der Waals surface area contributed by atoms with Gasteiger partial charge in [-0.15, -0.1) is 0 Å². The number of ether oxygens (including phenoxy) is 1. The maximum atomic E-state index is 12.4. The van der Waals surface area contributed by atoms with Gasteiger partial charge in [-0.05, 0) is 24.1 Å². The van der Waals surface area contributed by atoms with Gasteiger partial charge in [0.1, 0.15) is 11.8 Å². The molecule has 1 amide bonds. The van der Waals surface area contributed by atoms with Crippen LogP contribution in [-0.4, -0.2) is 48.5 Å². The zero-order valence-corrected chi connectivity index (χ0v) is 15.0. The van der Waals surface area contributed by atoms with E-state index in [1.165, 1.54) is 0 Å². The van der Waals surface area contributed by atoms with Gasteiger partial charge in [0.15, 0.2) is 6.61 Å². The molecule has 1 aliphatic heterocycles. The summed E-state index contributed by atoms with van der Waals surface area (Å²) in [6.07, 6.45) is 0. The van der Waals surface area contributed by atoms with E-state index in [-0.39, 0.29) is 18.6 Å². The molecule has 0 radical (unpaired) electrons. The summed E-state index contributed by atoms with van der Waals surface area (Å²) in [6, 6.07) is 19.6. The first-order chi connectivity index (χ1) is 12.7. The molecule has 0 spiro atoms. The Balaban J connectivity index is 1.52. The summed E-state index contributed by atoms with van der Waals surface area (Å²) < 4.78 is 5.66. The lowest BCUT2D eigenvalue weighted by Crippen LogP contribution is -2.50. The molecule has 5 heteroatoms. The average molecular weight is 349 g/mol. The molecule has 1 fully saturated rings. The van der Waals surface area contributed by atoms with Gasteiger partial charge in [0.25, 0.3) is 5.91 Å². The minimum atomic E-state index is -0.267. The summed E-state index contributed by atoms with van der Waals surface area (Å²) in [4.78, 5) is 16.4. The molecule has 1 heterocycles. The van der Waals surface area contributed by atoms with Gasteiger partial charge in [-0.1, -0.05) is 48.5 Å². The number of piperazine rings is 1. The van der Waals surface area contributed by atoms with Crippen LogP contribution < -0.4 is 4.74 Å². The minimum Gasteiger partial charge on any atom is -0.484 e. The van der Waals surface area contributed by atoms with Crippen LogP contribution in [0.1, 0.15) is 17.2 Å². The van der Waals surface area contributed by atoms with Crippen LogP contribution in [-0.2, 0) is 4.79 Å². The van der Waals surface area contributed by atoms with Crippen molar-refractivity contribution >= 4 is 5.91 Å². The van der Waals surface area contributed by atoms with Crippen LogP contribution in [0, 0.1) is 18.3 Å². The second-order valence-corrected chi connectivity index (χ2v) is 6.41. The lowest BCUT2D eigenvalue weighted by atomic mass is 10.1. The number of carbonyl (C=O) groups is 1. The highest BCUT2D eigenvalue weighted by Gasteiger charge is 2.27. The average Bonchev–Trinajstić information content (AvgIpc) is 2.69. The number of para-hydroxylation sites is 1. The first-order valence-corrected chi connectivity index (χ1v) is 8.84. The van der Waals surface area contributed by atoms with Crippen molar-refractivity contribution in [3.63, 3.8) is 0 Å². The number of nitrogens with zero attached hydrogens (tertiary/aromatic N) is 3. The zero-order chi connectivity index (χ0) is 18.4. The Labute approximate surface area is 154 Å². The highest BCUT2D eigenvalue weighted by atomic mass is 16.5. The maximum absolute atomic E-state index is 12.4. The molecule has 1 atom stereocenters. The lowest BCUT2D eigenvalue weighted by molar-refractivity contribution is -0.135. The normalized spacial score (nSPS) is 15.9. The number of aryl methyl sites for hydroxylation is 1. The number of carbonyl (C=O) groups excluding carboxylic acids is 1. The van der Waals surface area contributed by atoms with Crippen LogP contribution >= 0.6 is 0 Å². The summed E-state index contributed by atoms with van der Waals surface area (Å²) in [6.45, 7) is 4.60. The molecule has 0 aliphatic carbocycles. The van der Waals surface area contributed by atoms with E-state index >= 15 is 0 Å². The number of benzene rings is 2. The quantitative estimate of drug-likeness (QED) is 0.833. The molecule has 1 saturated heterocycles. The van der Waals surface area contributed by atoms with Crippen molar-refractivity contribution in [2.75, 3.05) is 32.8 Å². The molecular formula is C21H23N3O2. The minimum absolute atomic E-state index is 0.0129. The van der Waals surface area contributed by atoms with E-state index in [9.17, 15) is 10.1 Å². The molecule has 0 bridgehead atoms. The Bertz CT molecular complexity index is 777. The van der Waals surface area contributed by atoms with Crippen molar-refractivity contribution in [1.82, 2.24) is 9.80 Å². The largest absolute Gasteiger partial charge is 0.484 e. The lowest BCUT2D eigenvalue weighted by Gasteiger charge is -2.37. The highest BCUT2D eigenvalue weighted by molar-refractivity contribution is 5.78. The van der Waals surface area contributed by atoms with E-state index in [4.69, 9.17) is 4.74 Å². The molecule has 2 aromatic rings. The Kier molecular flexibility index (Phi) is 5.88. The summed E-state index contributed by atoms with van der Waals surface area (Å²) in [7, 11) is 0. The van der Waals surface area contributed by atoms with Crippen molar-refractivity contribution in [1.29, 1.82) is 5.26 Å². The summed E-state index contributed by atoms with van der Waals surface area (Å²) in [5.41, 5.74) is 2.02. The predicted molar refractivity (Wildman–Crippen MR) is 99.6 cm³/mol. The van der Waals surface area contributed by atoms with E-state index in [0.717, 1.165) is 16.9 Å². The number of amides is 1. The van der Waals surface area contributed by atoms with Crippen LogP contribution in [0.5, 0.6) is 5.75 Å². The molecule has 3 rings (SSSR count). The number of nitriles is 1. The fourth-order valence-electron chi connectivity index (χ4n) is 3.18. The number of hydrogen-bond acceptors (Lipinski definition) is 4. The van der Waals surface area contributed by atoms with Gasteiger partial charge in [0.05, 0.1) is 6.07 Å². The molecule has 0 aromatic heterocycles. The first-order valence-electron chi connectivity index (χ1n) is 8.84. The Morgan fingerprint density at radius 1 is 1.08 bits per heavy atom. The van der Waals surface area contributed by atoms with Gasteiger partial charge in [0, 0.05) is 26.2 Å². The third-order valence-corrected chi connectivity index (χ3v) is 4.71. The molecule has 2 aromatic carbocycles. The topological polar surface area (TPSA) is 56.6 Å². The fourth-order valence-corrected chi connectivity index (χ4v) is 3.18. The van der Waals surface area contributed by atoms with Gasteiger partial charge < -0.3 is 9.64 Å². The zero-order valence-electron chi connectivity index (χ0n) is 15.0. The number of rotatable bonds is 5. The molecule has 134 valence electrons. The van der Waals surface area contributed by atoms with Gasteiger partial charge in [-0.2, -0.15) is 5.26 Å². The van der Waals surface area contributed by atoms with Gasteiger partial charge in [-0.25, -0.2) is 0 Å². The Morgan fingerprint density at radius 2 is 1.73 bits per heavy atom. The van der Waals surface area contributed by atoms with E-state index in [2.05, 4.69) is 11.0 Å². The van der Waals surface area contributed by atoms with Crippen molar-refractivity contribution in [3.05, 3.63) is 65.7 Å². The van der Waals surface area contributed by atoms with E-state index in [1.54, 1.807) is 0 Å². The summed E-state index contributed by atoms with van der Waals surface area (Å²) >= 11 is 0. The maximum Gasteiger partial charge on any atom is 0.260 e. The molecule has 0 unspecified atom stereocenters. The molecule has 0 saturated carbocycles. The second kappa shape index (κ2) is 8.50. The van der Waals surface area contributed by atoms with Crippen molar-refractivity contribution in [2.45, 2.75) is 13.0 Å². The van der Waals surface area contributed by atoms with Gasteiger partial charge in [-0.3, -0.25) is 9.69 Å². The van der Waals surface area contributed by atoms with E-state index in [1.807, 2.05) is 66.4 Å². The second-order valence-electron chi connectivity index (χ2n) is 6.41. The van der Waals surface area contributed by atoms with Gasteiger partial charge >= 0.3 is 0 Å². The van der Waals surface area contributed by atoms with Crippen LogP contribution in [0.25, 0.3) is 0 Å². The van der Waals surface area contributed by atoms with Crippen LogP contribution in [0.3, 0.4) is 0 Å². The van der Waals surface area contributed by atoms with E-state index in [0.29, 0.717) is 26.2 Å². The van der Waals surface area contributed by atoms with Crippen LogP contribution in [0.15, 0.2) is 54.6 Å². The standard InChI is InChI=1S/C21H23N3O2/c1-17-7-5-6-10-20(17)26-16-21(25)24-13-11-23(12-14-24)19(15-22)18-8-3-2-4-9-18/h2-10,19H,11-14,16H2,1H3/t19-/m1/s1. The van der Waals surface area contributed by atoms with Crippen LogP contribution in [0.4, 0.5) is 0 Å². The Morgan fingerprint density at radius 3 is 2.38 bits per heavy atom. The monoisotopic (exact) mass is 349 g/mol.